The first-order valence-corrected chi connectivity index (χ1v) is 21.3. The summed E-state index contributed by atoms with van der Waals surface area (Å²) >= 11 is 0. The van der Waals surface area contributed by atoms with Crippen LogP contribution < -0.4 is 21.3 Å². The number of amides is 4. The van der Waals surface area contributed by atoms with E-state index in [1.165, 1.54) is 0 Å². The van der Waals surface area contributed by atoms with Crippen LogP contribution in [0.25, 0.3) is 0 Å². The number of benzene rings is 4. The van der Waals surface area contributed by atoms with Crippen molar-refractivity contribution in [2.45, 2.75) is 51.9 Å². The minimum absolute atomic E-state index is 0.0951. The third-order valence-corrected chi connectivity index (χ3v) is 11.1. The van der Waals surface area contributed by atoms with Gasteiger partial charge in [0.25, 0.3) is 0 Å². The molecule has 4 N–H and O–H groups in total. The molecule has 1 aliphatic heterocycles. The summed E-state index contributed by atoms with van der Waals surface area (Å²) in [4.78, 5) is 62.7. The fourth-order valence-electron chi connectivity index (χ4n) is 7.47. The quantitative estimate of drug-likeness (QED) is 0.128. The summed E-state index contributed by atoms with van der Waals surface area (Å²) in [5, 5.41) is 12.6. The van der Waals surface area contributed by atoms with Gasteiger partial charge in [0, 0.05) is 52.4 Å². The Labute approximate surface area is 356 Å². The van der Waals surface area contributed by atoms with Crippen molar-refractivity contribution >= 4 is 23.6 Å². The Kier molecular flexibility index (Phi) is 18.3. The lowest BCUT2D eigenvalue weighted by molar-refractivity contribution is -0.125. The molecule has 1 aliphatic rings. The molecule has 4 aromatic carbocycles. The van der Waals surface area contributed by atoms with Gasteiger partial charge in [0.05, 0.1) is 50.3 Å². The largest absolute Gasteiger partial charge is 0.348 e. The van der Waals surface area contributed by atoms with Crippen LogP contribution in [0.3, 0.4) is 0 Å². The summed E-state index contributed by atoms with van der Waals surface area (Å²) in [6.07, 6.45) is 0. The molecule has 320 valence electrons. The topological polar surface area (TPSA) is 129 Å². The van der Waals surface area contributed by atoms with Crippen LogP contribution in [0.1, 0.15) is 74.1 Å². The molecule has 0 bridgehead atoms. The van der Waals surface area contributed by atoms with E-state index in [1.807, 2.05) is 149 Å². The van der Waals surface area contributed by atoms with Crippen molar-refractivity contribution in [3.05, 3.63) is 144 Å². The van der Waals surface area contributed by atoms with Crippen LogP contribution in [0.15, 0.2) is 121 Å². The molecule has 1 saturated heterocycles. The molecule has 1 fully saturated rings. The Morgan fingerprint density at radius 2 is 0.517 bits per heavy atom. The van der Waals surface area contributed by atoms with Crippen molar-refractivity contribution in [3.63, 3.8) is 0 Å². The van der Waals surface area contributed by atoms with Crippen LogP contribution in [0.4, 0.5) is 0 Å². The van der Waals surface area contributed by atoms with E-state index in [1.54, 1.807) is 0 Å². The van der Waals surface area contributed by atoms with E-state index in [2.05, 4.69) is 40.9 Å². The van der Waals surface area contributed by atoms with E-state index in [0.717, 1.165) is 22.3 Å². The van der Waals surface area contributed by atoms with Crippen LogP contribution in [0.2, 0.25) is 0 Å². The predicted octanol–water partition coefficient (Wildman–Crippen LogP) is 4.72. The average molecular weight is 817 g/mol. The fourth-order valence-corrected chi connectivity index (χ4v) is 7.47. The normalized spacial score (nSPS) is 17.1. The van der Waals surface area contributed by atoms with Crippen molar-refractivity contribution in [2.75, 3.05) is 78.5 Å². The maximum absolute atomic E-state index is 13.6. The number of nitrogens with zero attached hydrogens (tertiary/aromatic N) is 4. The number of nitrogens with one attached hydrogen (secondary N) is 4. The van der Waals surface area contributed by atoms with Crippen LogP contribution in [0, 0.1) is 0 Å². The molecule has 0 saturated carbocycles. The molecule has 4 amide bonds. The van der Waals surface area contributed by atoms with Crippen LogP contribution >= 0.6 is 0 Å². The Balaban J connectivity index is 1.32. The second kappa shape index (κ2) is 24.0. The van der Waals surface area contributed by atoms with Gasteiger partial charge in [0.2, 0.25) is 23.6 Å². The molecule has 12 heteroatoms. The maximum Gasteiger partial charge on any atom is 0.234 e. The highest BCUT2D eigenvalue weighted by atomic mass is 16.2. The molecule has 12 nitrogen and oxygen atoms in total. The lowest BCUT2D eigenvalue weighted by Crippen LogP contribution is -2.51. The van der Waals surface area contributed by atoms with Crippen LogP contribution in [-0.4, -0.2) is 122 Å². The summed E-state index contributed by atoms with van der Waals surface area (Å²) in [7, 11) is 0. The van der Waals surface area contributed by atoms with Crippen molar-refractivity contribution in [2.24, 2.45) is 0 Å². The molecule has 4 unspecified atom stereocenters. The molecule has 4 aromatic rings. The fraction of sp³-hybridized carbons (Fsp3) is 0.417. The van der Waals surface area contributed by atoms with Gasteiger partial charge in [-0.15, -0.1) is 0 Å². The molecular formula is C48H64N8O4. The third kappa shape index (κ3) is 15.6. The highest BCUT2D eigenvalue weighted by Gasteiger charge is 2.24. The Hall–Kier alpha value is -5.40. The van der Waals surface area contributed by atoms with E-state index >= 15 is 0 Å². The summed E-state index contributed by atoms with van der Waals surface area (Å²) in [6, 6.07) is 38.9. The highest BCUT2D eigenvalue weighted by molar-refractivity contribution is 5.80. The minimum atomic E-state index is -0.163. The van der Waals surface area contributed by atoms with Crippen molar-refractivity contribution in [3.8, 4) is 0 Å². The highest BCUT2D eigenvalue weighted by Crippen LogP contribution is 2.15. The summed E-state index contributed by atoms with van der Waals surface area (Å²) in [5.41, 5.74) is 4.10. The van der Waals surface area contributed by atoms with Gasteiger partial charge in [-0.1, -0.05) is 121 Å². The smallest absolute Gasteiger partial charge is 0.234 e. The van der Waals surface area contributed by atoms with Crippen molar-refractivity contribution in [1.29, 1.82) is 0 Å². The van der Waals surface area contributed by atoms with Gasteiger partial charge >= 0.3 is 0 Å². The van der Waals surface area contributed by atoms with E-state index < -0.39 is 0 Å². The number of rotatable bonds is 16. The third-order valence-electron chi connectivity index (χ3n) is 11.1. The molecule has 0 aliphatic carbocycles. The number of carbonyl (C=O) groups excluding carboxylic acids is 4. The van der Waals surface area contributed by atoms with E-state index in [9.17, 15) is 19.2 Å². The van der Waals surface area contributed by atoms with Crippen molar-refractivity contribution in [1.82, 2.24) is 40.9 Å². The lowest BCUT2D eigenvalue weighted by Gasteiger charge is -2.34. The second-order valence-electron chi connectivity index (χ2n) is 15.9. The molecule has 60 heavy (non-hydrogen) atoms. The molecule has 4 atom stereocenters. The van der Waals surface area contributed by atoms with Gasteiger partial charge < -0.3 is 21.3 Å². The predicted molar refractivity (Wildman–Crippen MR) is 238 cm³/mol. The van der Waals surface area contributed by atoms with Gasteiger partial charge in [-0.05, 0) is 49.9 Å². The number of hydrogen-bond donors (Lipinski definition) is 4. The molecule has 5 rings (SSSR count). The molecular weight excluding hydrogens is 753 g/mol. The summed E-state index contributed by atoms with van der Waals surface area (Å²) < 4.78 is 0. The molecule has 1 heterocycles. The van der Waals surface area contributed by atoms with Crippen LogP contribution in [0.5, 0.6) is 0 Å². The zero-order valence-corrected chi connectivity index (χ0v) is 35.8. The lowest BCUT2D eigenvalue weighted by atomic mass is 10.1. The number of hydrogen-bond acceptors (Lipinski definition) is 8. The molecule has 0 spiro atoms. The van der Waals surface area contributed by atoms with Gasteiger partial charge in [0.15, 0.2) is 0 Å². The minimum Gasteiger partial charge on any atom is -0.348 e. The zero-order valence-electron chi connectivity index (χ0n) is 35.8. The van der Waals surface area contributed by atoms with Crippen molar-refractivity contribution < 1.29 is 19.2 Å². The first-order valence-electron chi connectivity index (χ1n) is 21.3. The average Bonchev–Trinajstić information content (AvgIpc) is 3.25. The first kappa shape index (κ1) is 45.7. The van der Waals surface area contributed by atoms with Gasteiger partial charge in [-0.25, -0.2) is 0 Å². The monoisotopic (exact) mass is 817 g/mol. The maximum atomic E-state index is 13.6. The zero-order chi connectivity index (χ0) is 42.7. The Morgan fingerprint density at radius 1 is 0.350 bits per heavy atom. The van der Waals surface area contributed by atoms with Gasteiger partial charge in [-0.3, -0.25) is 38.8 Å². The van der Waals surface area contributed by atoms with E-state index in [4.69, 9.17) is 0 Å². The Bertz CT molecular complexity index is 1610. The molecule has 0 radical (unpaired) electrons. The van der Waals surface area contributed by atoms with E-state index in [-0.39, 0.29) is 74.0 Å². The SMILES string of the molecule is CC(NC(=O)CN1CCN(CC(=O)NC(C)c2ccccc2)CCN(CC(=O)NC(C)c2ccccc2)CCN(CC(=O)NC(C)c2ccccc2)CC1)c1ccccc1. The van der Waals surface area contributed by atoms with E-state index in [0.29, 0.717) is 52.4 Å². The summed E-state index contributed by atoms with van der Waals surface area (Å²) in [6.45, 7) is 12.8. The Morgan fingerprint density at radius 3 is 0.683 bits per heavy atom. The molecule has 0 aromatic heterocycles. The van der Waals surface area contributed by atoms with Gasteiger partial charge in [0.1, 0.15) is 0 Å². The summed E-state index contributed by atoms with van der Waals surface area (Å²) in [5.74, 6) is -0.380. The second-order valence-corrected chi connectivity index (χ2v) is 15.9. The van der Waals surface area contributed by atoms with Crippen LogP contribution in [-0.2, 0) is 19.2 Å². The number of carbonyl (C=O) groups is 4. The first-order chi connectivity index (χ1) is 29.0. The standard InChI is InChI=1S/C48H64N8O4/c1-37(41-17-9-5-10-18-41)49-45(57)33-53-25-27-54(34-46(58)50-38(2)42-19-11-6-12-20-42)29-31-56(36-48(60)52-40(4)44-23-15-8-16-24-44)32-30-55(28-26-53)35-47(59)51-39(3)43-21-13-7-14-22-43/h5-24,37-40H,25-36H2,1-4H3,(H,49,57)(H,50,58)(H,51,59)(H,52,60). The van der Waals surface area contributed by atoms with Gasteiger partial charge in [-0.2, -0.15) is 0 Å².